The minimum absolute atomic E-state index is 0.269. The Labute approximate surface area is 114 Å². The fourth-order valence-electron chi connectivity index (χ4n) is 2.69. The third kappa shape index (κ3) is 2.65. The van der Waals surface area contributed by atoms with Gasteiger partial charge in [0.2, 0.25) is 0 Å². The van der Waals surface area contributed by atoms with E-state index < -0.39 is 0 Å². The van der Waals surface area contributed by atoms with Crippen LogP contribution in [0.2, 0.25) is 0 Å². The maximum absolute atomic E-state index is 11.7. The molecule has 1 aromatic carbocycles. The van der Waals surface area contributed by atoms with E-state index in [1.807, 2.05) is 19.1 Å². The lowest BCUT2D eigenvalue weighted by Gasteiger charge is -2.11. The molecule has 1 atom stereocenters. The van der Waals surface area contributed by atoms with Crippen molar-refractivity contribution in [3.63, 3.8) is 0 Å². The zero-order valence-electron chi connectivity index (χ0n) is 11.7. The van der Waals surface area contributed by atoms with Gasteiger partial charge in [-0.15, -0.1) is 0 Å². The number of esters is 1. The zero-order valence-corrected chi connectivity index (χ0v) is 11.7. The first-order valence-electron chi connectivity index (χ1n) is 6.75. The Balaban J connectivity index is 2.45. The minimum Gasteiger partial charge on any atom is -0.496 e. The van der Waals surface area contributed by atoms with Crippen LogP contribution in [0.3, 0.4) is 0 Å². The molecule has 0 bridgehead atoms. The molecule has 0 radical (unpaired) electrons. The second kappa shape index (κ2) is 5.91. The number of hydrogen-bond donors (Lipinski definition) is 0. The molecular formula is C16H20O3. The molecule has 0 saturated heterocycles. The summed E-state index contributed by atoms with van der Waals surface area (Å²) in [6.07, 6.45) is 3.60. The van der Waals surface area contributed by atoms with Gasteiger partial charge in [0.05, 0.1) is 13.7 Å². The van der Waals surface area contributed by atoms with Crippen LogP contribution in [0.25, 0.3) is 5.57 Å². The van der Waals surface area contributed by atoms with Crippen molar-refractivity contribution in [2.45, 2.75) is 26.7 Å². The molecule has 0 amide bonds. The Kier molecular flexibility index (Phi) is 4.25. The summed E-state index contributed by atoms with van der Waals surface area (Å²) in [6.45, 7) is 4.36. The summed E-state index contributed by atoms with van der Waals surface area (Å²) in [5.74, 6) is 0.939. The molecule has 102 valence electrons. The Morgan fingerprint density at radius 2 is 2.21 bits per heavy atom. The third-order valence-electron chi connectivity index (χ3n) is 3.58. The van der Waals surface area contributed by atoms with E-state index in [4.69, 9.17) is 9.47 Å². The average Bonchev–Trinajstić information content (AvgIpc) is 2.77. The van der Waals surface area contributed by atoms with E-state index in [1.165, 1.54) is 5.56 Å². The largest absolute Gasteiger partial charge is 0.496 e. The number of allylic oxidation sites excluding steroid dienone is 1. The second-order valence-corrected chi connectivity index (χ2v) is 4.66. The highest BCUT2D eigenvalue weighted by Gasteiger charge is 2.29. The van der Waals surface area contributed by atoms with E-state index >= 15 is 0 Å². The quantitative estimate of drug-likeness (QED) is 0.616. The van der Waals surface area contributed by atoms with E-state index in [9.17, 15) is 4.79 Å². The molecule has 0 aromatic heterocycles. The fraction of sp³-hybridized carbons (Fsp3) is 0.438. The molecule has 1 aliphatic carbocycles. The highest BCUT2D eigenvalue weighted by Crippen LogP contribution is 2.43. The molecule has 3 nitrogen and oxygen atoms in total. The topological polar surface area (TPSA) is 35.5 Å². The Morgan fingerprint density at radius 1 is 1.42 bits per heavy atom. The van der Waals surface area contributed by atoms with Crippen LogP contribution in [-0.2, 0) is 16.0 Å². The number of carbonyl (C=O) groups excluding carboxylic acids is 1. The number of benzene rings is 1. The average molecular weight is 260 g/mol. The highest BCUT2D eigenvalue weighted by atomic mass is 16.5. The molecule has 0 fully saturated rings. The van der Waals surface area contributed by atoms with Gasteiger partial charge >= 0.3 is 5.97 Å². The van der Waals surface area contributed by atoms with Crippen molar-refractivity contribution >= 4 is 11.5 Å². The maximum Gasteiger partial charge on any atom is 0.331 e. The standard InChI is InChI=1S/C16H20O3/c1-4-11-9-12-7-6-8-14(18-3)16(12)13(11)10-15(17)19-5-2/h6-8,10-11H,4-5,9H2,1-3H3/b13-10+/t11-/m1/s1. The second-order valence-electron chi connectivity index (χ2n) is 4.66. The normalized spacial score (nSPS) is 19.3. The minimum atomic E-state index is -0.269. The summed E-state index contributed by atoms with van der Waals surface area (Å²) in [5.41, 5.74) is 3.38. The van der Waals surface area contributed by atoms with Gasteiger partial charge in [0.1, 0.15) is 5.75 Å². The molecular weight excluding hydrogens is 240 g/mol. The van der Waals surface area contributed by atoms with Crippen LogP contribution in [-0.4, -0.2) is 19.7 Å². The van der Waals surface area contributed by atoms with Crippen LogP contribution in [0.4, 0.5) is 0 Å². The first kappa shape index (κ1) is 13.7. The van der Waals surface area contributed by atoms with E-state index in [-0.39, 0.29) is 5.97 Å². The molecule has 0 aliphatic heterocycles. The number of fused-ring (bicyclic) bond motifs is 1. The first-order chi connectivity index (χ1) is 9.21. The molecule has 0 saturated carbocycles. The molecule has 0 unspecified atom stereocenters. The van der Waals surface area contributed by atoms with Gasteiger partial charge in [-0.1, -0.05) is 19.1 Å². The summed E-state index contributed by atoms with van der Waals surface area (Å²) in [5, 5.41) is 0. The number of carbonyl (C=O) groups is 1. The fourth-order valence-corrected chi connectivity index (χ4v) is 2.69. The molecule has 1 aromatic rings. The van der Waals surface area contributed by atoms with Crippen molar-refractivity contribution in [2.75, 3.05) is 13.7 Å². The van der Waals surface area contributed by atoms with Crippen molar-refractivity contribution in [3.8, 4) is 5.75 Å². The highest BCUT2D eigenvalue weighted by molar-refractivity contribution is 5.94. The third-order valence-corrected chi connectivity index (χ3v) is 3.58. The molecule has 3 heteroatoms. The van der Waals surface area contributed by atoms with Gasteiger partial charge in [-0.3, -0.25) is 0 Å². The van der Waals surface area contributed by atoms with Crippen molar-refractivity contribution in [1.82, 2.24) is 0 Å². The van der Waals surface area contributed by atoms with Gasteiger partial charge in [0.15, 0.2) is 0 Å². The van der Waals surface area contributed by atoms with Crippen molar-refractivity contribution in [1.29, 1.82) is 0 Å². The van der Waals surface area contributed by atoms with E-state index in [0.29, 0.717) is 12.5 Å². The zero-order chi connectivity index (χ0) is 13.8. The summed E-state index contributed by atoms with van der Waals surface area (Å²) in [6, 6.07) is 6.04. The maximum atomic E-state index is 11.7. The molecule has 19 heavy (non-hydrogen) atoms. The lowest BCUT2D eigenvalue weighted by atomic mass is 9.96. The van der Waals surface area contributed by atoms with E-state index in [0.717, 1.165) is 29.7 Å². The number of methoxy groups -OCH3 is 1. The van der Waals surface area contributed by atoms with Crippen LogP contribution in [0.1, 0.15) is 31.4 Å². The predicted molar refractivity (Wildman–Crippen MR) is 75.1 cm³/mol. The van der Waals surface area contributed by atoms with Crippen LogP contribution in [0.15, 0.2) is 24.3 Å². The van der Waals surface area contributed by atoms with E-state index in [1.54, 1.807) is 13.2 Å². The number of ether oxygens (including phenoxy) is 2. The molecule has 0 heterocycles. The molecule has 0 N–H and O–H groups in total. The Morgan fingerprint density at radius 3 is 2.84 bits per heavy atom. The van der Waals surface area contributed by atoms with Crippen LogP contribution >= 0.6 is 0 Å². The van der Waals surface area contributed by atoms with Crippen LogP contribution in [0.5, 0.6) is 5.75 Å². The summed E-state index contributed by atoms with van der Waals surface area (Å²) in [7, 11) is 1.66. The van der Waals surface area contributed by atoms with Crippen molar-refractivity contribution in [3.05, 3.63) is 35.4 Å². The van der Waals surface area contributed by atoms with Gasteiger partial charge in [-0.25, -0.2) is 4.79 Å². The summed E-state index contributed by atoms with van der Waals surface area (Å²) < 4.78 is 10.5. The van der Waals surface area contributed by atoms with Gasteiger partial charge in [0, 0.05) is 11.6 Å². The number of rotatable bonds is 4. The predicted octanol–water partition coefficient (Wildman–Crippen LogP) is 3.22. The Hall–Kier alpha value is -1.77. The number of hydrogen-bond acceptors (Lipinski definition) is 3. The smallest absolute Gasteiger partial charge is 0.331 e. The molecule has 1 aliphatic rings. The van der Waals surface area contributed by atoms with Gasteiger partial charge in [0.25, 0.3) is 0 Å². The van der Waals surface area contributed by atoms with E-state index in [2.05, 4.69) is 13.0 Å². The SMILES string of the molecule is CCOC(=O)/C=C1/c2c(cccc2OC)C[C@H]1CC. The summed E-state index contributed by atoms with van der Waals surface area (Å²) >= 11 is 0. The lowest BCUT2D eigenvalue weighted by Crippen LogP contribution is -2.04. The molecule has 0 spiro atoms. The summed E-state index contributed by atoms with van der Waals surface area (Å²) in [4.78, 5) is 11.7. The lowest BCUT2D eigenvalue weighted by molar-refractivity contribution is -0.137. The van der Waals surface area contributed by atoms with Gasteiger partial charge < -0.3 is 9.47 Å². The van der Waals surface area contributed by atoms with Gasteiger partial charge in [-0.05, 0) is 42.9 Å². The van der Waals surface area contributed by atoms with Crippen molar-refractivity contribution in [2.24, 2.45) is 5.92 Å². The monoisotopic (exact) mass is 260 g/mol. The first-order valence-corrected chi connectivity index (χ1v) is 6.75. The van der Waals surface area contributed by atoms with Gasteiger partial charge in [-0.2, -0.15) is 0 Å². The Bertz CT molecular complexity index is 503. The van der Waals surface area contributed by atoms with Crippen LogP contribution < -0.4 is 4.74 Å². The van der Waals surface area contributed by atoms with Crippen molar-refractivity contribution < 1.29 is 14.3 Å². The molecule has 2 rings (SSSR count). The van der Waals surface area contributed by atoms with Crippen LogP contribution in [0, 0.1) is 5.92 Å².